The molecule has 1 aliphatic carbocycles. The van der Waals surface area contributed by atoms with Crippen molar-refractivity contribution in [2.24, 2.45) is 0 Å². The SMILES string of the molecule is CCC1=C(O)C=CC(C)(O)C1. The first-order valence-electron chi connectivity index (χ1n) is 3.88. The monoisotopic (exact) mass is 154 g/mol. The van der Waals surface area contributed by atoms with Gasteiger partial charge in [0.05, 0.1) is 5.60 Å². The second-order valence-electron chi connectivity index (χ2n) is 3.21. The molecule has 1 rings (SSSR count). The lowest BCUT2D eigenvalue weighted by atomic mass is 9.89. The molecule has 2 N–H and O–H groups in total. The highest BCUT2D eigenvalue weighted by atomic mass is 16.3. The van der Waals surface area contributed by atoms with Gasteiger partial charge in [-0.05, 0) is 31.1 Å². The molecule has 0 aromatic heterocycles. The third-order valence-corrected chi connectivity index (χ3v) is 1.96. The van der Waals surface area contributed by atoms with Crippen molar-refractivity contribution in [1.29, 1.82) is 0 Å². The summed E-state index contributed by atoms with van der Waals surface area (Å²) in [5.41, 5.74) is 0.162. The fraction of sp³-hybridized carbons (Fsp3) is 0.556. The van der Waals surface area contributed by atoms with Gasteiger partial charge >= 0.3 is 0 Å². The van der Waals surface area contributed by atoms with E-state index in [2.05, 4.69) is 0 Å². The second kappa shape index (κ2) is 2.70. The van der Waals surface area contributed by atoms with Crippen LogP contribution in [0.1, 0.15) is 26.7 Å². The van der Waals surface area contributed by atoms with E-state index < -0.39 is 5.60 Å². The normalized spacial score (nSPS) is 31.2. The predicted octanol–water partition coefficient (Wildman–Crippen LogP) is 1.92. The Morgan fingerprint density at radius 2 is 2.27 bits per heavy atom. The van der Waals surface area contributed by atoms with Gasteiger partial charge in [0.15, 0.2) is 0 Å². The Morgan fingerprint density at radius 1 is 1.64 bits per heavy atom. The van der Waals surface area contributed by atoms with Crippen molar-refractivity contribution in [1.82, 2.24) is 0 Å². The van der Waals surface area contributed by atoms with E-state index in [1.807, 2.05) is 6.92 Å². The minimum absolute atomic E-state index is 0.319. The highest BCUT2D eigenvalue weighted by molar-refractivity contribution is 5.28. The molecule has 1 aliphatic rings. The van der Waals surface area contributed by atoms with Crippen LogP contribution in [0.5, 0.6) is 0 Å². The fourth-order valence-electron chi connectivity index (χ4n) is 1.26. The molecule has 0 fully saturated rings. The quantitative estimate of drug-likeness (QED) is 0.605. The molecule has 11 heavy (non-hydrogen) atoms. The molecule has 1 unspecified atom stereocenters. The highest BCUT2D eigenvalue weighted by Gasteiger charge is 2.22. The zero-order chi connectivity index (χ0) is 8.48. The molecule has 0 bridgehead atoms. The van der Waals surface area contributed by atoms with Gasteiger partial charge in [-0.25, -0.2) is 0 Å². The topological polar surface area (TPSA) is 40.5 Å². The van der Waals surface area contributed by atoms with Gasteiger partial charge in [0.2, 0.25) is 0 Å². The van der Waals surface area contributed by atoms with E-state index in [9.17, 15) is 10.2 Å². The third kappa shape index (κ3) is 1.84. The van der Waals surface area contributed by atoms with Crippen molar-refractivity contribution >= 4 is 0 Å². The lowest BCUT2D eigenvalue weighted by Gasteiger charge is -2.24. The van der Waals surface area contributed by atoms with Crippen LogP contribution in [-0.4, -0.2) is 15.8 Å². The summed E-state index contributed by atoms with van der Waals surface area (Å²) in [5.74, 6) is 0.319. The van der Waals surface area contributed by atoms with E-state index in [4.69, 9.17) is 0 Å². The van der Waals surface area contributed by atoms with Crippen molar-refractivity contribution in [3.05, 3.63) is 23.5 Å². The lowest BCUT2D eigenvalue weighted by molar-refractivity contribution is 0.107. The average molecular weight is 154 g/mol. The fourth-order valence-corrected chi connectivity index (χ4v) is 1.26. The number of aliphatic hydroxyl groups excluding tert-OH is 1. The van der Waals surface area contributed by atoms with Crippen molar-refractivity contribution in [2.45, 2.75) is 32.3 Å². The summed E-state index contributed by atoms with van der Waals surface area (Å²) in [4.78, 5) is 0. The van der Waals surface area contributed by atoms with Crippen LogP contribution in [0.4, 0.5) is 0 Å². The number of aliphatic hydroxyl groups is 2. The Morgan fingerprint density at radius 3 is 2.73 bits per heavy atom. The van der Waals surface area contributed by atoms with E-state index >= 15 is 0 Å². The number of hydrogen-bond donors (Lipinski definition) is 2. The van der Waals surface area contributed by atoms with E-state index in [1.165, 1.54) is 0 Å². The molecule has 0 aromatic rings. The third-order valence-electron chi connectivity index (χ3n) is 1.96. The number of allylic oxidation sites excluding steroid dienone is 1. The Labute approximate surface area is 66.9 Å². The zero-order valence-electron chi connectivity index (χ0n) is 6.96. The summed E-state index contributed by atoms with van der Waals surface area (Å²) in [6.07, 6.45) is 4.54. The summed E-state index contributed by atoms with van der Waals surface area (Å²) < 4.78 is 0. The molecule has 0 spiro atoms. The van der Waals surface area contributed by atoms with E-state index in [1.54, 1.807) is 19.1 Å². The molecule has 0 aliphatic heterocycles. The molecule has 1 atom stereocenters. The molecule has 0 saturated heterocycles. The molecule has 0 radical (unpaired) electrons. The second-order valence-corrected chi connectivity index (χ2v) is 3.21. The first kappa shape index (κ1) is 8.34. The van der Waals surface area contributed by atoms with Crippen LogP contribution in [0.2, 0.25) is 0 Å². The zero-order valence-corrected chi connectivity index (χ0v) is 6.96. The standard InChI is InChI=1S/C9H14O2/c1-3-7-6-9(2,11)5-4-8(7)10/h4-5,10-11H,3,6H2,1-2H3. The number of rotatable bonds is 1. The van der Waals surface area contributed by atoms with Gasteiger partial charge in [-0.1, -0.05) is 6.92 Å². The first-order valence-corrected chi connectivity index (χ1v) is 3.88. The largest absolute Gasteiger partial charge is 0.508 e. The summed E-state index contributed by atoms with van der Waals surface area (Å²) in [6.45, 7) is 3.71. The van der Waals surface area contributed by atoms with Crippen LogP contribution in [0, 0.1) is 0 Å². The molecular weight excluding hydrogens is 140 g/mol. The molecule has 62 valence electrons. The molecule has 2 heteroatoms. The Bertz CT molecular complexity index is 212. The highest BCUT2D eigenvalue weighted by Crippen LogP contribution is 2.27. The number of hydrogen-bond acceptors (Lipinski definition) is 2. The lowest BCUT2D eigenvalue weighted by Crippen LogP contribution is -2.24. The van der Waals surface area contributed by atoms with Crippen molar-refractivity contribution in [3.8, 4) is 0 Å². The maximum atomic E-state index is 9.56. The van der Waals surface area contributed by atoms with Crippen molar-refractivity contribution < 1.29 is 10.2 Å². The van der Waals surface area contributed by atoms with Gasteiger partial charge in [-0.2, -0.15) is 0 Å². The Kier molecular flexibility index (Phi) is 2.05. The first-order chi connectivity index (χ1) is 5.05. The van der Waals surface area contributed by atoms with Gasteiger partial charge in [-0.15, -0.1) is 0 Å². The van der Waals surface area contributed by atoms with Gasteiger partial charge in [0.25, 0.3) is 0 Å². The molecular formula is C9H14O2. The summed E-state index contributed by atoms with van der Waals surface area (Å²) in [7, 11) is 0. The van der Waals surface area contributed by atoms with Crippen LogP contribution in [0.15, 0.2) is 23.5 Å². The van der Waals surface area contributed by atoms with Gasteiger partial charge in [-0.3, -0.25) is 0 Å². The average Bonchev–Trinajstić information content (AvgIpc) is 1.94. The maximum Gasteiger partial charge on any atom is 0.114 e. The molecule has 0 amide bonds. The molecule has 0 heterocycles. The van der Waals surface area contributed by atoms with Crippen LogP contribution in [0.3, 0.4) is 0 Å². The predicted molar refractivity (Wildman–Crippen MR) is 44.3 cm³/mol. The summed E-state index contributed by atoms with van der Waals surface area (Å²) in [5, 5.41) is 18.8. The summed E-state index contributed by atoms with van der Waals surface area (Å²) >= 11 is 0. The van der Waals surface area contributed by atoms with Crippen LogP contribution in [0.25, 0.3) is 0 Å². The van der Waals surface area contributed by atoms with E-state index in [0.29, 0.717) is 12.2 Å². The Hall–Kier alpha value is -0.760. The van der Waals surface area contributed by atoms with E-state index in [-0.39, 0.29) is 0 Å². The molecule has 0 aromatic carbocycles. The minimum atomic E-state index is -0.766. The smallest absolute Gasteiger partial charge is 0.114 e. The summed E-state index contributed by atoms with van der Waals surface area (Å²) in [6, 6.07) is 0. The molecule has 2 nitrogen and oxygen atoms in total. The van der Waals surface area contributed by atoms with Crippen molar-refractivity contribution in [2.75, 3.05) is 0 Å². The molecule has 0 saturated carbocycles. The van der Waals surface area contributed by atoms with Crippen LogP contribution < -0.4 is 0 Å². The minimum Gasteiger partial charge on any atom is -0.508 e. The van der Waals surface area contributed by atoms with Gasteiger partial charge < -0.3 is 10.2 Å². The maximum absolute atomic E-state index is 9.56. The van der Waals surface area contributed by atoms with Crippen LogP contribution >= 0.6 is 0 Å². The Balaban J connectivity index is 2.84. The van der Waals surface area contributed by atoms with Gasteiger partial charge in [0, 0.05) is 6.42 Å². The van der Waals surface area contributed by atoms with E-state index in [0.717, 1.165) is 12.0 Å². The van der Waals surface area contributed by atoms with Gasteiger partial charge in [0.1, 0.15) is 5.76 Å². The van der Waals surface area contributed by atoms with Crippen LogP contribution in [-0.2, 0) is 0 Å². The van der Waals surface area contributed by atoms with Crippen molar-refractivity contribution in [3.63, 3.8) is 0 Å².